The first-order chi connectivity index (χ1) is 13.3. The minimum Gasteiger partial charge on any atom is -0.346 e. The number of aromatic amines is 1. The molecule has 0 saturated carbocycles. The van der Waals surface area contributed by atoms with E-state index in [2.05, 4.69) is 32.1 Å². The summed E-state index contributed by atoms with van der Waals surface area (Å²) in [5.74, 6) is 0. The van der Waals surface area contributed by atoms with Gasteiger partial charge in [-0.1, -0.05) is 18.2 Å². The summed E-state index contributed by atoms with van der Waals surface area (Å²) in [6.07, 6.45) is 6.92. The van der Waals surface area contributed by atoms with Crippen LogP contribution in [0.3, 0.4) is 0 Å². The molecule has 0 radical (unpaired) electrons. The molecule has 6 heteroatoms. The molecule has 0 unspecified atom stereocenters. The molecule has 4 heterocycles. The second kappa shape index (κ2) is 6.17. The molecule has 0 spiro atoms. The lowest BCUT2D eigenvalue weighted by Gasteiger charge is -2.08. The van der Waals surface area contributed by atoms with Gasteiger partial charge in [0.1, 0.15) is 5.65 Å². The summed E-state index contributed by atoms with van der Waals surface area (Å²) in [5.41, 5.74) is 4.84. The van der Waals surface area contributed by atoms with E-state index in [-0.39, 0.29) is 5.56 Å². The Hall–Kier alpha value is -3.80. The molecular weight excluding hydrogens is 338 g/mol. The van der Waals surface area contributed by atoms with E-state index in [4.69, 9.17) is 0 Å². The minimum absolute atomic E-state index is 0.138. The summed E-state index contributed by atoms with van der Waals surface area (Å²) in [6, 6.07) is 15.8. The highest BCUT2D eigenvalue weighted by molar-refractivity contribution is 5.81. The van der Waals surface area contributed by atoms with Gasteiger partial charge in [0.15, 0.2) is 5.52 Å². The summed E-state index contributed by atoms with van der Waals surface area (Å²) in [4.78, 5) is 28.7. The molecule has 6 nitrogen and oxygen atoms in total. The molecule has 0 atom stereocenters. The standard InChI is InChI=1S/C21H15N5O/c27-21-19-18(5-2-7-22-19)25-13-26(21)12-14-3-1-4-15(9-14)17-10-16-6-8-23-20(16)24-11-17/h1-11,13H,12H2,(H,23,24). The van der Waals surface area contributed by atoms with Crippen LogP contribution < -0.4 is 5.56 Å². The van der Waals surface area contributed by atoms with Crippen molar-refractivity contribution in [2.75, 3.05) is 0 Å². The van der Waals surface area contributed by atoms with Gasteiger partial charge in [0.05, 0.1) is 18.4 Å². The summed E-state index contributed by atoms with van der Waals surface area (Å²) in [5, 5.41) is 1.07. The van der Waals surface area contributed by atoms with Crippen molar-refractivity contribution >= 4 is 22.1 Å². The van der Waals surface area contributed by atoms with Gasteiger partial charge < -0.3 is 4.98 Å². The average Bonchev–Trinajstić information content (AvgIpc) is 3.18. The zero-order valence-electron chi connectivity index (χ0n) is 14.3. The largest absolute Gasteiger partial charge is 0.346 e. The highest BCUT2D eigenvalue weighted by Gasteiger charge is 2.07. The van der Waals surface area contributed by atoms with Crippen LogP contribution >= 0.6 is 0 Å². The van der Waals surface area contributed by atoms with E-state index in [0.717, 1.165) is 27.7 Å². The molecule has 27 heavy (non-hydrogen) atoms. The molecule has 5 aromatic rings. The summed E-state index contributed by atoms with van der Waals surface area (Å²) in [6.45, 7) is 0.437. The lowest BCUT2D eigenvalue weighted by Crippen LogP contribution is -2.21. The number of aromatic nitrogens is 5. The predicted molar refractivity (Wildman–Crippen MR) is 104 cm³/mol. The molecule has 0 aliphatic heterocycles. The van der Waals surface area contributed by atoms with E-state index in [1.54, 1.807) is 29.2 Å². The Labute approximate surface area is 154 Å². The molecule has 0 saturated heterocycles. The molecule has 0 aliphatic rings. The number of nitrogens with zero attached hydrogens (tertiary/aromatic N) is 4. The Morgan fingerprint density at radius 2 is 1.93 bits per heavy atom. The lowest BCUT2D eigenvalue weighted by molar-refractivity contribution is 0.746. The monoisotopic (exact) mass is 353 g/mol. The molecular formula is C21H15N5O. The van der Waals surface area contributed by atoms with Crippen molar-refractivity contribution < 1.29 is 0 Å². The minimum atomic E-state index is -0.138. The third kappa shape index (κ3) is 2.77. The van der Waals surface area contributed by atoms with Crippen LogP contribution in [-0.4, -0.2) is 24.5 Å². The second-order valence-electron chi connectivity index (χ2n) is 6.39. The first kappa shape index (κ1) is 15.5. The quantitative estimate of drug-likeness (QED) is 0.539. The van der Waals surface area contributed by atoms with Crippen molar-refractivity contribution in [3.63, 3.8) is 0 Å². The number of pyridine rings is 2. The van der Waals surface area contributed by atoms with E-state index in [1.165, 1.54) is 0 Å². The molecule has 1 aromatic carbocycles. The van der Waals surface area contributed by atoms with Gasteiger partial charge in [-0.2, -0.15) is 0 Å². The van der Waals surface area contributed by atoms with Crippen LogP contribution in [0.15, 0.2) is 78.2 Å². The van der Waals surface area contributed by atoms with Crippen molar-refractivity contribution in [1.82, 2.24) is 24.5 Å². The first-order valence-electron chi connectivity index (χ1n) is 8.60. The number of benzene rings is 1. The third-order valence-corrected chi connectivity index (χ3v) is 4.60. The van der Waals surface area contributed by atoms with E-state index in [9.17, 15) is 4.79 Å². The Morgan fingerprint density at radius 3 is 2.89 bits per heavy atom. The van der Waals surface area contributed by atoms with Crippen LogP contribution in [0.5, 0.6) is 0 Å². The van der Waals surface area contributed by atoms with Crippen LogP contribution in [0, 0.1) is 0 Å². The maximum atomic E-state index is 12.7. The zero-order chi connectivity index (χ0) is 18.2. The lowest BCUT2D eigenvalue weighted by atomic mass is 10.0. The van der Waals surface area contributed by atoms with Gasteiger partial charge in [-0.25, -0.2) is 15.0 Å². The molecule has 1 N–H and O–H groups in total. The van der Waals surface area contributed by atoms with Crippen molar-refractivity contribution in [2.24, 2.45) is 0 Å². The van der Waals surface area contributed by atoms with Gasteiger partial charge >= 0.3 is 0 Å². The molecule has 5 rings (SSSR count). The number of hydrogen-bond acceptors (Lipinski definition) is 4. The van der Waals surface area contributed by atoms with Gasteiger partial charge in [-0.15, -0.1) is 0 Å². The number of nitrogens with one attached hydrogen (secondary N) is 1. The van der Waals surface area contributed by atoms with Crippen LogP contribution in [-0.2, 0) is 6.54 Å². The zero-order valence-corrected chi connectivity index (χ0v) is 14.3. The number of rotatable bonds is 3. The van der Waals surface area contributed by atoms with Gasteiger partial charge in [0.25, 0.3) is 5.56 Å². The van der Waals surface area contributed by atoms with Crippen molar-refractivity contribution in [2.45, 2.75) is 6.54 Å². The predicted octanol–water partition coefficient (Wildman–Crippen LogP) is 3.38. The number of H-pyrrole nitrogens is 1. The maximum absolute atomic E-state index is 12.7. The van der Waals surface area contributed by atoms with Crippen LogP contribution in [0.25, 0.3) is 33.2 Å². The van der Waals surface area contributed by atoms with Gasteiger partial charge in [0.2, 0.25) is 0 Å². The average molecular weight is 353 g/mol. The third-order valence-electron chi connectivity index (χ3n) is 4.60. The molecule has 0 amide bonds. The van der Waals surface area contributed by atoms with Crippen molar-refractivity contribution in [3.05, 3.63) is 89.4 Å². The topological polar surface area (TPSA) is 76.5 Å². The van der Waals surface area contributed by atoms with E-state index < -0.39 is 0 Å². The van der Waals surface area contributed by atoms with Gasteiger partial charge in [-0.05, 0) is 41.5 Å². The van der Waals surface area contributed by atoms with Crippen molar-refractivity contribution in [1.29, 1.82) is 0 Å². The highest BCUT2D eigenvalue weighted by atomic mass is 16.1. The Kier molecular flexibility index (Phi) is 3.53. The van der Waals surface area contributed by atoms with Crippen molar-refractivity contribution in [3.8, 4) is 11.1 Å². The molecule has 130 valence electrons. The molecule has 0 fully saturated rings. The molecule has 0 bridgehead atoms. The van der Waals surface area contributed by atoms with Crippen LogP contribution in [0.4, 0.5) is 0 Å². The van der Waals surface area contributed by atoms with Gasteiger partial charge in [-0.3, -0.25) is 9.36 Å². The normalized spacial score (nSPS) is 11.3. The van der Waals surface area contributed by atoms with E-state index >= 15 is 0 Å². The van der Waals surface area contributed by atoms with E-state index in [1.807, 2.05) is 36.7 Å². The number of fused-ring (bicyclic) bond motifs is 2. The fourth-order valence-corrected chi connectivity index (χ4v) is 3.24. The number of hydrogen-bond donors (Lipinski definition) is 1. The Bertz CT molecular complexity index is 1340. The SMILES string of the molecule is O=c1c2ncccc2ncn1Cc1cccc(-c2cnc3[nH]ccc3c2)c1. The fraction of sp³-hybridized carbons (Fsp3) is 0.0476. The summed E-state index contributed by atoms with van der Waals surface area (Å²) < 4.78 is 1.59. The fourth-order valence-electron chi connectivity index (χ4n) is 3.24. The second-order valence-corrected chi connectivity index (χ2v) is 6.39. The molecule has 0 aliphatic carbocycles. The Morgan fingerprint density at radius 1 is 0.963 bits per heavy atom. The Balaban J connectivity index is 1.52. The maximum Gasteiger partial charge on any atom is 0.280 e. The summed E-state index contributed by atoms with van der Waals surface area (Å²) >= 11 is 0. The highest BCUT2D eigenvalue weighted by Crippen LogP contribution is 2.23. The smallest absolute Gasteiger partial charge is 0.280 e. The molecule has 4 aromatic heterocycles. The first-order valence-corrected chi connectivity index (χ1v) is 8.60. The van der Waals surface area contributed by atoms with Crippen LogP contribution in [0.1, 0.15) is 5.56 Å². The van der Waals surface area contributed by atoms with E-state index in [0.29, 0.717) is 17.6 Å². The van der Waals surface area contributed by atoms with Crippen LogP contribution in [0.2, 0.25) is 0 Å². The summed E-state index contributed by atoms with van der Waals surface area (Å²) in [7, 11) is 0. The van der Waals surface area contributed by atoms with Gasteiger partial charge in [0, 0.05) is 29.5 Å².